The van der Waals surface area contributed by atoms with Gasteiger partial charge in [0, 0.05) is 35.4 Å². The van der Waals surface area contributed by atoms with Crippen molar-refractivity contribution in [2.75, 3.05) is 0 Å². The van der Waals surface area contributed by atoms with Gasteiger partial charge in [-0.2, -0.15) is 0 Å². The number of nitrogens with zero attached hydrogens (tertiary/aromatic N) is 4. The number of hydrogen-bond donors (Lipinski definition) is 0. The highest BCUT2D eigenvalue weighted by atomic mass is 16.6. The molecule has 0 spiro atoms. The van der Waals surface area contributed by atoms with E-state index in [0.717, 1.165) is 22.3 Å². The van der Waals surface area contributed by atoms with Crippen LogP contribution in [-0.4, -0.2) is 19.8 Å². The van der Waals surface area contributed by atoms with E-state index in [-0.39, 0.29) is 11.4 Å². The average molecular weight is 408 g/mol. The minimum Gasteiger partial charge on any atom is -0.444 e. The molecule has 0 saturated heterocycles. The van der Waals surface area contributed by atoms with Crippen LogP contribution in [0.1, 0.15) is 11.1 Å². The normalized spacial score (nSPS) is 10.2. The van der Waals surface area contributed by atoms with Gasteiger partial charge >= 0.3 is 0 Å². The molecule has 0 aliphatic heterocycles. The first kappa shape index (κ1) is 20.4. The molecule has 0 amide bonds. The van der Waals surface area contributed by atoms with Crippen LogP contribution in [0, 0.1) is 34.1 Å². The fraction of sp³-hybridized carbons (Fsp3) is 0.100. The zero-order valence-electron chi connectivity index (χ0n) is 16.0. The molecule has 0 fully saturated rings. The molecule has 10 nitrogen and oxygen atoms in total. The lowest BCUT2D eigenvalue weighted by atomic mass is 10.1. The highest BCUT2D eigenvalue weighted by Gasteiger charge is 2.11. The van der Waals surface area contributed by atoms with Crippen LogP contribution in [0.2, 0.25) is 0 Å². The maximum atomic E-state index is 10.5. The molecule has 0 radical (unpaired) electrons. The third-order valence-corrected chi connectivity index (χ3v) is 4.24. The molecule has 0 atom stereocenters. The first-order valence-corrected chi connectivity index (χ1v) is 8.64. The molecule has 152 valence electrons. The predicted octanol–water partition coefficient (Wildman–Crippen LogP) is 5.12. The number of aryl methyl sites for hydroxylation is 2. The van der Waals surface area contributed by atoms with E-state index in [1.54, 1.807) is 38.4 Å². The molecule has 30 heavy (non-hydrogen) atoms. The molecule has 0 bridgehead atoms. The van der Waals surface area contributed by atoms with Crippen molar-refractivity contribution in [1.82, 2.24) is 9.97 Å². The summed E-state index contributed by atoms with van der Waals surface area (Å²) in [6.07, 6.45) is 5.81. The second kappa shape index (κ2) is 8.78. The molecular formula is C20H16N4O6. The van der Waals surface area contributed by atoms with E-state index in [2.05, 4.69) is 9.97 Å². The number of non-ortho nitro benzene ring substituents is 2. The van der Waals surface area contributed by atoms with Crippen LogP contribution in [0.3, 0.4) is 0 Å². The van der Waals surface area contributed by atoms with E-state index in [0.29, 0.717) is 11.5 Å². The van der Waals surface area contributed by atoms with Gasteiger partial charge in [0.2, 0.25) is 0 Å². The molecule has 4 aromatic rings. The summed E-state index contributed by atoms with van der Waals surface area (Å²) in [5.41, 5.74) is 3.38. The number of benzene rings is 2. The predicted molar refractivity (Wildman–Crippen MR) is 107 cm³/mol. The van der Waals surface area contributed by atoms with Gasteiger partial charge in [0.05, 0.1) is 22.2 Å². The molecule has 2 aromatic carbocycles. The summed E-state index contributed by atoms with van der Waals surface area (Å²) in [6, 6.07) is 9.24. The first-order valence-electron chi connectivity index (χ1n) is 8.64. The lowest BCUT2D eigenvalue weighted by Crippen LogP contribution is -1.89. The van der Waals surface area contributed by atoms with Gasteiger partial charge in [-0.3, -0.25) is 20.2 Å². The van der Waals surface area contributed by atoms with Crippen LogP contribution in [0.25, 0.3) is 22.6 Å². The van der Waals surface area contributed by atoms with Crippen molar-refractivity contribution in [3.05, 3.63) is 92.9 Å². The Morgan fingerprint density at radius 3 is 1.40 bits per heavy atom. The Morgan fingerprint density at radius 1 is 0.733 bits per heavy atom. The van der Waals surface area contributed by atoms with Crippen LogP contribution >= 0.6 is 0 Å². The first-order chi connectivity index (χ1) is 14.4. The molecule has 2 heterocycles. The number of rotatable bonds is 4. The van der Waals surface area contributed by atoms with Crippen LogP contribution in [-0.2, 0) is 0 Å². The van der Waals surface area contributed by atoms with Crippen molar-refractivity contribution in [1.29, 1.82) is 0 Å². The average Bonchev–Trinajstić information content (AvgIpc) is 3.42. The van der Waals surface area contributed by atoms with E-state index in [1.807, 2.05) is 0 Å². The second-order valence-corrected chi connectivity index (χ2v) is 6.24. The minimum atomic E-state index is -0.419. The van der Waals surface area contributed by atoms with Crippen LogP contribution in [0.4, 0.5) is 11.4 Å². The molecule has 10 heteroatoms. The molecular weight excluding hydrogens is 392 g/mol. The Morgan fingerprint density at radius 2 is 1.13 bits per heavy atom. The molecule has 0 aliphatic rings. The molecule has 4 rings (SSSR count). The van der Waals surface area contributed by atoms with Gasteiger partial charge in [-0.05, 0) is 37.1 Å². The zero-order valence-corrected chi connectivity index (χ0v) is 16.0. The number of nitro groups is 2. The maximum absolute atomic E-state index is 10.5. The van der Waals surface area contributed by atoms with E-state index < -0.39 is 9.85 Å². The molecule has 0 N–H and O–H groups in total. The topological polar surface area (TPSA) is 138 Å². The standard InChI is InChI=1S/2C10H8N2O3/c2*1-7-4-8(12(13)14)2-3-9(7)10-5-11-6-15-10/h2*2-6H,1H3. The van der Waals surface area contributed by atoms with Crippen molar-refractivity contribution in [3.63, 3.8) is 0 Å². The summed E-state index contributed by atoms with van der Waals surface area (Å²) in [5.74, 6) is 1.23. The van der Waals surface area contributed by atoms with E-state index >= 15 is 0 Å². The van der Waals surface area contributed by atoms with Gasteiger partial charge < -0.3 is 8.83 Å². The van der Waals surface area contributed by atoms with Gasteiger partial charge in [-0.1, -0.05) is 0 Å². The number of hydrogen-bond acceptors (Lipinski definition) is 8. The van der Waals surface area contributed by atoms with Gasteiger partial charge in [-0.15, -0.1) is 0 Å². The monoisotopic (exact) mass is 408 g/mol. The van der Waals surface area contributed by atoms with E-state index in [9.17, 15) is 20.2 Å². The number of aromatic nitrogens is 2. The van der Waals surface area contributed by atoms with Gasteiger partial charge in [0.25, 0.3) is 11.4 Å². The Labute approximate surface area is 170 Å². The van der Waals surface area contributed by atoms with Gasteiger partial charge in [-0.25, -0.2) is 9.97 Å². The second-order valence-electron chi connectivity index (χ2n) is 6.24. The molecule has 0 aliphatic carbocycles. The smallest absolute Gasteiger partial charge is 0.269 e. The van der Waals surface area contributed by atoms with E-state index in [4.69, 9.17) is 8.83 Å². The lowest BCUT2D eigenvalue weighted by Gasteiger charge is -2.00. The third-order valence-electron chi connectivity index (χ3n) is 4.24. The molecule has 0 saturated carbocycles. The summed E-state index contributed by atoms with van der Waals surface area (Å²) in [4.78, 5) is 27.8. The van der Waals surface area contributed by atoms with Crippen LogP contribution in [0.5, 0.6) is 0 Å². The van der Waals surface area contributed by atoms with E-state index in [1.165, 1.54) is 37.1 Å². The fourth-order valence-electron chi connectivity index (χ4n) is 2.77. The Hall–Kier alpha value is -4.34. The molecule has 0 unspecified atom stereocenters. The molecule has 2 aromatic heterocycles. The van der Waals surface area contributed by atoms with Crippen LogP contribution < -0.4 is 0 Å². The largest absolute Gasteiger partial charge is 0.444 e. The summed E-state index contributed by atoms with van der Waals surface area (Å²) >= 11 is 0. The number of oxazole rings is 2. The zero-order chi connectivity index (χ0) is 21.7. The Bertz CT molecular complexity index is 1080. The summed E-state index contributed by atoms with van der Waals surface area (Å²) in [7, 11) is 0. The maximum Gasteiger partial charge on any atom is 0.269 e. The lowest BCUT2D eigenvalue weighted by molar-refractivity contribution is -0.385. The van der Waals surface area contributed by atoms with Gasteiger partial charge in [0.1, 0.15) is 0 Å². The SMILES string of the molecule is Cc1cc([N+](=O)[O-])ccc1-c1cnco1.Cc1cc([N+](=O)[O-])ccc1-c1cnco1. The number of nitro benzene ring substituents is 2. The fourth-order valence-corrected chi connectivity index (χ4v) is 2.77. The summed E-state index contributed by atoms with van der Waals surface area (Å²) in [6.45, 7) is 3.59. The Kier molecular flexibility index (Phi) is 5.97. The summed E-state index contributed by atoms with van der Waals surface area (Å²) in [5, 5.41) is 21.0. The van der Waals surface area contributed by atoms with Crippen molar-refractivity contribution in [3.8, 4) is 22.6 Å². The van der Waals surface area contributed by atoms with Crippen molar-refractivity contribution >= 4 is 11.4 Å². The highest BCUT2D eigenvalue weighted by molar-refractivity contribution is 5.64. The highest BCUT2D eigenvalue weighted by Crippen LogP contribution is 2.27. The van der Waals surface area contributed by atoms with Gasteiger partial charge in [0.15, 0.2) is 24.3 Å². The third kappa shape index (κ3) is 4.55. The summed E-state index contributed by atoms with van der Waals surface area (Å²) < 4.78 is 10.2. The van der Waals surface area contributed by atoms with Crippen LogP contribution in [0.15, 0.2) is 70.4 Å². The van der Waals surface area contributed by atoms with Crippen molar-refractivity contribution < 1.29 is 18.7 Å². The Balaban J connectivity index is 0.000000171. The quantitative estimate of drug-likeness (QED) is 0.335. The van der Waals surface area contributed by atoms with Crippen molar-refractivity contribution in [2.45, 2.75) is 13.8 Å². The van der Waals surface area contributed by atoms with Crippen molar-refractivity contribution in [2.24, 2.45) is 0 Å². The minimum absolute atomic E-state index is 0.0794.